The van der Waals surface area contributed by atoms with Crippen LogP contribution in [0, 0.1) is 0 Å². The number of aromatic nitrogens is 3. The minimum atomic E-state index is 0.407. The number of hydrogen-bond acceptors (Lipinski definition) is 3. The van der Waals surface area contributed by atoms with Gasteiger partial charge in [0.25, 0.3) is 0 Å². The Morgan fingerprint density at radius 2 is 2.45 bits per heavy atom. The second kappa shape index (κ2) is 4.62. The molecule has 0 radical (unpaired) electrons. The van der Waals surface area contributed by atoms with Crippen molar-refractivity contribution in [1.82, 2.24) is 15.2 Å². The van der Waals surface area contributed by atoms with E-state index < -0.39 is 0 Å². The van der Waals surface area contributed by atoms with E-state index in [1.54, 1.807) is 11.8 Å². The van der Waals surface area contributed by atoms with Gasteiger partial charge in [0.15, 0.2) is 5.82 Å². The highest BCUT2D eigenvalue weighted by atomic mass is 35.5. The number of nitrogens with one attached hydrogen (secondary N) is 1. The third kappa shape index (κ3) is 2.71. The molecule has 0 aromatic carbocycles. The molecule has 62 valence electrons. The summed E-state index contributed by atoms with van der Waals surface area (Å²) < 4.78 is 0. The minimum Gasteiger partial charge on any atom is -0.262 e. The van der Waals surface area contributed by atoms with Crippen LogP contribution in [0.5, 0.6) is 0 Å². The molecule has 0 bridgehead atoms. The average molecular weight is 192 g/mol. The van der Waals surface area contributed by atoms with E-state index in [0.717, 1.165) is 23.2 Å². The average Bonchev–Trinajstić information content (AvgIpc) is 2.48. The van der Waals surface area contributed by atoms with Gasteiger partial charge in [-0.2, -0.15) is 16.9 Å². The molecule has 0 amide bonds. The standard InChI is InChI=1S/C6H10ClN3S/c1-2-11-4-6-8-5(3-7)9-10-6/h2-4H2,1H3,(H,8,9,10). The van der Waals surface area contributed by atoms with Gasteiger partial charge in [-0.3, -0.25) is 5.10 Å². The van der Waals surface area contributed by atoms with Gasteiger partial charge in [0, 0.05) is 0 Å². The van der Waals surface area contributed by atoms with Gasteiger partial charge in [-0.05, 0) is 5.75 Å². The van der Waals surface area contributed by atoms with E-state index in [1.807, 2.05) is 0 Å². The van der Waals surface area contributed by atoms with Crippen molar-refractivity contribution in [3.8, 4) is 0 Å². The van der Waals surface area contributed by atoms with Crippen molar-refractivity contribution in [2.45, 2.75) is 18.6 Å². The fourth-order valence-electron chi connectivity index (χ4n) is 0.653. The Hall–Kier alpha value is -0.220. The fraction of sp³-hybridized carbons (Fsp3) is 0.667. The van der Waals surface area contributed by atoms with Gasteiger partial charge >= 0.3 is 0 Å². The molecular formula is C6H10ClN3S. The monoisotopic (exact) mass is 191 g/mol. The first-order valence-corrected chi connectivity index (χ1v) is 5.09. The van der Waals surface area contributed by atoms with Crippen LogP contribution in [0.15, 0.2) is 0 Å². The Kier molecular flexibility index (Phi) is 3.72. The van der Waals surface area contributed by atoms with Gasteiger partial charge in [0.2, 0.25) is 0 Å². The van der Waals surface area contributed by atoms with Crippen molar-refractivity contribution < 1.29 is 0 Å². The normalized spacial score (nSPS) is 10.4. The Labute approximate surface area is 74.9 Å². The summed E-state index contributed by atoms with van der Waals surface area (Å²) in [6.45, 7) is 2.11. The van der Waals surface area contributed by atoms with Gasteiger partial charge in [-0.1, -0.05) is 6.92 Å². The maximum Gasteiger partial charge on any atom is 0.160 e. The first kappa shape index (κ1) is 8.87. The Morgan fingerprint density at radius 3 is 3.00 bits per heavy atom. The largest absolute Gasteiger partial charge is 0.262 e. The topological polar surface area (TPSA) is 41.6 Å². The van der Waals surface area contributed by atoms with Gasteiger partial charge in [-0.25, -0.2) is 4.98 Å². The Balaban J connectivity index is 2.44. The summed E-state index contributed by atoms with van der Waals surface area (Å²) in [7, 11) is 0. The van der Waals surface area contributed by atoms with Gasteiger partial charge in [-0.15, -0.1) is 11.6 Å². The Morgan fingerprint density at radius 1 is 1.64 bits per heavy atom. The van der Waals surface area contributed by atoms with E-state index >= 15 is 0 Å². The number of hydrogen-bond donors (Lipinski definition) is 1. The third-order valence-electron chi connectivity index (χ3n) is 1.14. The molecule has 0 aliphatic carbocycles. The smallest absolute Gasteiger partial charge is 0.160 e. The molecule has 1 aromatic rings. The summed E-state index contributed by atoms with van der Waals surface area (Å²) >= 11 is 7.33. The number of H-pyrrole nitrogens is 1. The van der Waals surface area contributed by atoms with Gasteiger partial charge in [0.1, 0.15) is 5.82 Å². The maximum absolute atomic E-state index is 5.53. The van der Waals surface area contributed by atoms with E-state index in [1.165, 1.54) is 0 Å². The summed E-state index contributed by atoms with van der Waals surface area (Å²) in [5.74, 6) is 3.95. The molecule has 5 heteroatoms. The molecule has 1 aromatic heterocycles. The summed E-state index contributed by atoms with van der Waals surface area (Å²) in [5, 5.41) is 6.74. The van der Waals surface area contributed by atoms with Crippen LogP contribution in [-0.2, 0) is 11.6 Å². The minimum absolute atomic E-state index is 0.407. The first-order chi connectivity index (χ1) is 5.36. The fourth-order valence-corrected chi connectivity index (χ4v) is 1.29. The van der Waals surface area contributed by atoms with Gasteiger partial charge < -0.3 is 0 Å². The molecule has 3 nitrogen and oxygen atoms in total. The number of rotatable bonds is 4. The number of nitrogens with zero attached hydrogens (tertiary/aromatic N) is 2. The molecule has 0 fully saturated rings. The zero-order valence-corrected chi connectivity index (χ0v) is 7.87. The second-order valence-corrected chi connectivity index (χ2v) is 3.51. The SMILES string of the molecule is CCSCc1n[nH]c(CCl)n1. The lowest BCUT2D eigenvalue weighted by Crippen LogP contribution is -1.84. The molecule has 0 spiro atoms. The van der Waals surface area contributed by atoms with Crippen LogP contribution in [0.2, 0.25) is 0 Å². The molecule has 0 aliphatic rings. The number of alkyl halides is 1. The maximum atomic E-state index is 5.53. The van der Waals surface area contributed by atoms with Crippen molar-refractivity contribution in [1.29, 1.82) is 0 Å². The molecule has 0 unspecified atom stereocenters. The molecule has 0 aliphatic heterocycles. The predicted octanol–water partition coefficient (Wildman–Crippen LogP) is 1.80. The highest BCUT2D eigenvalue weighted by Gasteiger charge is 2.00. The summed E-state index contributed by atoms with van der Waals surface area (Å²) in [4.78, 5) is 4.15. The summed E-state index contributed by atoms with van der Waals surface area (Å²) in [6, 6.07) is 0. The molecule has 11 heavy (non-hydrogen) atoms. The molecule has 1 N–H and O–H groups in total. The Bertz CT molecular complexity index is 213. The molecule has 0 atom stereocenters. The highest BCUT2D eigenvalue weighted by molar-refractivity contribution is 7.98. The van der Waals surface area contributed by atoms with Crippen LogP contribution in [0.1, 0.15) is 18.6 Å². The lowest BCUT2D eigenvalue weighted by atomic mass is 10.7. The number of thioether (sulfide) groups is 1. The van der Waals surface area contributed by atoms with E-state index in [0.29, 0.717) is 5.88 Å². The van der Waals surface area contributed by atoms with Crippen LogP contribution in [0.4, 0.5) is 0 Å². The molecule has 0 saturated heterocycles. The van der Waals surface area contributed by atoms with E-state index in [9.17, 15) is 0 Å². The van der Waals surface area contributed by atoms with Crippen molar-refractivity contribution in [2.24, 2.45) is 0 Å². The quantitative estimate of drug-likeness (QED) is 0.738. The van der Waals surface area contributed by atoms with Crippen molar-refractivity contribution in [2.75, 3.05) is 5.75 Å². The van der Waals surface area contributed by atoms with Crippen LogP contribution < -0.4 is 0 Å². The van der Waals surface area contributed by atoms with E-state index in [-0.39, 0.29) is 0 Å². The molecule has 1 heterocycles. The summed E-state index contributed by atoms with van der Waals surface area (Å²) in [6.07, 6.45) is 0. The lowest BCUT2D eigenvalue weighted by Gasteiger charge is -1.89. The zero-order valence-electron chi connectivity index (χ0n) is 6.30. The van der Waals surface area contributed by atoms with Crippen LogP contribution in [0.25, 0.3) is 0 Å². The summed E-state index contributed by atoms with van der Waals surface area (Å²) in [5.41, 5.74) is 0. The molecular weight excluding hydrogens is 182 g/mol. The van der Waals surface area contributed by atoms with Gasteiger partial charge in [0.05, 0.1) is 11.6 Å². The van der Waals surface area contributed by atoms with Crippen molar-refractivity contribution >= 4 is 23.4 Å². The first-order valence-electron chi connectivity index (χ1n) is 3.40. The van der Waals surface area contributed by atoms with Crippen LogP contribution in [-0.4, -0.2) is 20.9 Å². The van der Waals surface area contributed by atoms with E-state index in [4.69, 9.17) is 11.6 Å². The molecule has 1 rings (SSSR count). The molecule has 0 saturated carbocycles. The van der Waals surface area contributed by atoms with Crippen molar-refractivity contribution in [3.05, 3.63) is 11.6 Å². The lowest BCUT2D eigenvalue weighted by molar-refractivity contribution is 1.00. The number of halogens is 1. The van der Waals surface area contributed by atoms with E-state index in [2.05, 4.69) is 22.1 Å². The van der Waals surface area contributed by atoms with Crippen LogP contribution >= 0.6 is 23.4 Å². The highest BCUT2D eigenvalue weighted by Crippen LogP contribution is 2.07. The zero-order chi connectivity index (χ0) is 8.10. The number of aromatic amines is 1. The predicted molar refractivity (Wildman–Crippen MR) is 47.8 cm³/mol. The van der Waals surface area contributed by atoms with Crippen molar-refractivity contribution in [3.63, 3.8) is 0 Å². The second-order valence-electron chi connectivity index (χ2n) is 1.97. The third-order valence-corrected chi connectivity index (χ3v) is 2.26. The van der Waals surface area contributed by atoms with Crippen LogP contribution in [0.3, 0.4) is 0 Å².